The second-order valence-electron chi connectivity index (χ2n) is 6.80. The fourth-order valence-electron chi connectivity index (χ4n) is 3.18. The number of nitrogens with two attached hydrogens (primary N) is 1. The van der Waals surface area contributed by atoms with Gasteiger partial charge in [0.1, 0.15) is 17.7 Å². The number of carbonyl (C=O) groups excluding carboxylic acids is 1. The number of alkyl halides is 1. The highest BCUT2D eigenvalue weighted by Crippen LogP contribution is 2.46. The summed E-state index contributed by atoms with van der Waals surface area (Å²) in [5.41, 5.74) is 6.92. The molecule has 1 unspecified atom stereocenters. The van der Waals surface area contributed by atoms with E-state index >= 15 is 0 Å². The van der Waals surface area contributed by atoms with Crippen LogP contribution in [0.4, 0.5) is 4.39 Å². The van der Waals surface area contributed by atoms with Crippen LogP contribution < -0.4 is 15.2 Å². The van der Waals surface area contributed by atoms with Crippen LogP contribution in [0.15, 0.2) is 66.8 Å². The van der Waals surface area contributed by atoms with Crippen LogP contribution in [-0.2, 0) is 4.79 Å². The smallest absolute Gasteiger partial charge is 0.241 e. The monoisotopic (exact) mass is 421 g/mol. The second-order valence-corrected chi connectivity index (χ2v) is 7.85. The first-order valence-corrected chi connectivity index (χ1v) is 10.2. The molecule has 0 saturated heterocycles. The number of primary amides is 1. The van der Waals surface area contributed by atoms with Crippen molar-refractivity contribution in [1.29, 1.82) is 0 Å². The molecular weight excluding hydrogens is 401 g/mol. The Hall–Kier alpha value is -3.38. The molecule has 0 spiro atoms. The van der Waals surface area contributed by atoms with Gasteiger partial charge in [0.2, 0.25) is 5.91 Å². The van der Waals surface area contributed by atoms with Crippen LogP contribution in [0.3, 0.4) is 0 Å². The number of fused-ring (bicyclic) bond motifs is 1. The number of methoxy groups -OCH3 is 1. The van der Waals surface area contributed by atoms with Gasteiger partial charge in [0.15, 0.2) is 5.75 Å². The maximum Gasteiger partial charge on any atom is 0.241 e. The first kappa shape index (κ1) is 19.9. The number of rotatable bonds is 6. The highest BCUT2D eigenvalue weighted by atomic mass is 32.1. The van der Waals surface area contributed by atoms with E-state index in [2.05, 4.69) is 0 Å². The average Bonchev–Trinajstić information content (AvgIpc) is 3.11. The number of halogens is 1. The molecule has 30 heavy (non-hydrogen) atoms. The zero-order valence-corrected chi connectivity index (χ0v) is 17.1. The summed E-state index contributed by atoms with van der Waals surface area (Å²) in [6, 6.07) is 13.2. The maximum absolute atomic E-state index is 13.6. The number of ether oxygens (including phenoxy) is 2. The summed E-state index contributed by atoms with van der Waals surface area (Å²) in [5.74, 6) is 1.66. The minimum Gasteiger partial charge on any atom is -0.497 e. The van der Waals surface area contributed by atoms with Crippen LogP contribution in [0.1, 0.15) is 16.9 Å². The van der Waals surface area contributed by atoms with E-state index in [4.69, 9.17) is 15.2 Å². The molecule has 152 valence electrons. The summed E-state index contributed by atoms with van der Waals surface area (Å²) in [4.78, 5) is 11.8. The number of allylic oxidation sites excluding steroid dienone is 4. The number of hydrogen-bond donors (Lipinski definition) is 1. The van der Waals surface area contributed by atoms with E-state index in [1.807, 2.05) is 48.5 Å². The standard InChI is InChI=1S/C24H20FNO3S/c1-28-19-11-12-20-21(14-19)30-24(16-5-7-17(25)8-6-16)23(20)29-18-9-2-15(3-10-18)4-13-22(26)27/h2-7,9-14,17H,8H2,1H3,(H2,26,27)/b13-4+. The summed E-state index contributed by atoms with van der Waals surface area (Å²) < 4.78 is 26.2. The number of benzene rings is 2. The Balaban J connectivity index is 1.72. The molecule has 1 aliphatic rings. The van der Waals surface area contributed by atoms with Crippen molar-refractivity contribution in [1.82, 2.24) is 0 Å². The van der Waals surface area contributed by atoms with Crippen molar-refractivity contribution in [3.8, 4) is 17.2 Å². The highest BCUT2D eigenvalue weighted by Gasteiger charge is 2.19. The Morgan fingerprint density at radius 1 is 1.20 bits per heavy atom. The molecule has 3 aromatic rings. The van der Waals surface area contributed by atoms with Gasteiger partial charge >= 0.3 is 0 Å². The molecule has 2 N–H and O–H groups in total. The SMILES string of the molecule is COc1ccc2c(Oc3ccc(/C=C/C(N)=O)cc3)c(C3=CCC(F)C=C3)sc2c1. The minimum atomic E-state index is -0.950. The largest absolute Gasteiger partial charge is 0.497 e. The van der Waals surface area contributed by atoms with Crippen LogP contribution in [0.25, 0.3) is 21.7 Å². The van der Waals surface area contributed by atoms with E-state index in [-0.39, 0.29) is 0 Å². The number of amides is 1. The Kier molecular flexibility index (Phi) is 5.68. The molecule has 0 aliphatic heterocycles. The molecule has 4 rings (SSSR count). The van der Waals surface area contributed by atoms with E-state index in [9.17, 15) is 9.18 Å². The van der Waals surface area contributed by atoms with Crippen LogP contribution >= 0.6 is 11.3 Å². The summed E-state index contributed by atoms with van der Waals surface area (Å²) in [6.45, 7) is 0. The van der Waals surface area contributed by atoms with Gasteiger partial charge in [-0.3, -0.25) is 4.79 Å². The average molecular weight is 421 g/mol. The van der Waals surface area contributed by atoms with Gasteiger partial charge in [0.25, 0.3) is 0 Å². The molecule has 0 bridgehead atoms. The van der Waals surface area contributed by atoms with Gasteiger partial charge in [-0.2, -0.15) is 0 Å². The van der Waals surface area contributed by atoms with Crippen molar-refractivity contribution in [2.24, 2.45) is 5.73 Å². The van der Waals surface area contributed by atoms with Crippen molar-refractivity contribution in [2.75, 3.05) is 7.11 Å². The van der Waals surface area contributed by atoms with Crippen LogP contribution in [-0.4, -0.2) is 19.2 Å². The topological polar surface area (TPSA) is 61.6 Å². The fourth-order valence-corrected chi connectivity index (χ4v) is 4.36. The highest BCUT2D eigenvalue weighted by molar-refractivity contribution is 7.20. The van der Waals surface area contributed by atoms with Gasteiger partial charge in [-0.25, -0.2) is 4.39 Å². The predicted molar refractivity (Wildman–Crippen MR) is 120 cm³/mol. The number of carbonyl (C=O) groups is 1. The van der Waals surface area contributed by atoms with Gasteiger partial charge in [-0.1, -0.05) is 24.3 Å². The second kappa shape index (κ2) is 8.55. The molecule has 2 aromatic carbocycles. The Morgan fingerprint density at radius 2 is 1.97 bits per heavy atom. The van der Waals surface area contributed by atoms with Crippen LogP contribution in [0.2, 0.25) is 0 Å². The van der Waals surface area contributed by atoms with Crippen molar-refractivity contribution >= 4 is 39.0 Å². The lowest BCUT2D eigenvalue weighted by Crippen LogP contribution is -2.04. The number of thiophene rings is 1. The molecule has 1 heterocycles. The van der Waals surface area contributed by atoms with Crippen molar-refractivity contribution in [3.05, 3.63) is 77.2 Å². The third kappa shape index (κ3) is 4.28. The molecular formula is C24H20FNO3S. The van der Waals surface area contributed by atoms with Gasteiger partial charge in [-0.05, 0) is 53.6 Å². The van der Waals surface area contributed by atoms with Crippen molar-refractivity contribution in [3.63, 3.8) is 0 Å². The summed E-state index contributed by atoms with van der Waals surface area (Å²) >= 11 is 1.59. The van der Waals surface area contributed by atoms with Gasteiger partial charge in [0.05, 0.1) is 12.0 Å². The molecule has 1 amide bonds. The zero-order valence-electron chi connectivity index (χ0n) is 16.3. The lowest BCUT2D eigenvalue weighted by Gasteiger charge is -2.12. The van der Waals surface area contributed by atoms with Gasteiger partial charge in [-0.15, -0.1) is 11.3 Å². The lowest BCUT2D eigenvalue weighted by atomic mass is 10.0. The third-order valence-corrected chi connectivity index (χ3v) is 5.88. The Morgan fingerprint density at radius 3 is 2.63 bits per heavy atom. The van der Waals surface area contributed by atoms with E-state index in [1.54, 1.807) is 36.7 Å². The zero-order chi connectivity index (χ0) is 21.1. The molecule has 1 aromatic heterocycles. The summed E-state index contributed by atoms with van der Waals surface area (Å²) in [5, 5.41) is 0.963. The van der Waals surface area contributed by atoms with Crippen LogP contribution in [0.5, 0.6) is 17.2 Å². The van der Waals surface area contributed by atoms with Crippen molar-refractivity contribution < 1.29 is 18.7 Å². The third-order valence-electron chi connectivity index (χ3n) is 4.70. The summed E-state index contributed by atoms with van der Waals surface area (Å²) in [7, 11) is 1.63. The number of hydrogen-bond acceptors (Lipinski definition) is 4. The molecule has 1 atom stereocenters. The lowest BCUT2D eigenvalue weighted by molar-refractivity contribution is -0.113. The Bertz CT molecular complexity index is 1180. The molecule has 0 fully saturated rings. The molecule has 6 heteroatoms. The van der Waals surface area contributed by atoms with E-state index in [1.165, 1.54) is 6.08 Å². The Labute approximate surface area is 177 Å². The molecule has 4 nitrogen and oxygen atoms in total. The van der Waals surface area contributed by atoms with E-state index in [0.717, 1.165) is 37.6 Å². The van der Waals surface area contributed by atoms with E-state index < -0.39 is 12.1 Å². The first-order valence-electron chi connectivity index (χ1n) is 9.42. The first-order chi connectivity index (χ1) is 14.5. The summed E-state index contributed by atoms with van der Waals surface area (Å²) in [6.07, 6.45) is 7.64. The maximum atomic E-state index is 13.6. The van der Waals surface area contributed by atoms with Crippen molar-refractivity contribution in [2.45, 2.75) is 12.6 Å². The van der Waals surface area contributed by atoms with E-state index in [0.29, 0.717) is 12.2 Å². The predicted octanol–water partition coefficient (Wildman–Crippen LogP) is 5.88. The quantitative estimate of drug-likeness (QED) is 0.506. The fraction of sp³-hybridized carbons (Fsp3) is 0.125. The van der Waals surface area contributed by atoms with Crippen LogP contribution in [0, 0.1) is 0 Å². The molecule has 0 radical (unpaired) electrons. The van der Waals surface area contributed by atoms with Gasteiger partial charge < -0.3 is 15.2 Å². The van der Waals surface area contributed by atoms with Gasteiger partial charge in [0, 0.05) is 22.6 Å². The minimum absolute atomic E-state index is 0.351. The normalized spacial score (nSPS) is 16.1. The molecule has 1 aliphatic carbocycles. The molecule has 0 saturated carbocycles.